The van der Waals surface area contributed by atoms with Gasteiger partial charge in [-0.25, -0.2) is 4.99 Å². The lowest BCUT2D eigenvalue weighted by atomic mass is 10.1. The van der Waals surface area contributed by atoms with Gasteiger partial charge in [-0.1, -0.05) is 11.8 Å². The van der Waals surface area contributed by atoms with Crippen molar-refractivity contribution >= 4 is 16.9 Å². The number of nitrogens with zero attached hydrogens (tertiary/aromatic N) is 4. The Morgan fingerprint density at radius 2 is 2.39 bits per heavy atom. The molecule has 1 fully saturated rings. The van der Waals surface area contributed by atoms with Crippen LogP contribution in [0.4, 0.5) is 0 Å². The molecule has 0 radical (unpaired) electrons. The van der Waals surface area contributed by atoms with Crippen LogP contribution in [0.3, 0.4) is 0 Å². The molecule has 2 heterocycles. The zero-order chi connectivity index (χ0) is 16.2. The Hall–Kier alpha value is -2.57. The molecule has 0 bridgehead atoms. The molecule has 1 saturated heterocycles. The van der Waals surface area contributed by atoms with Crippen LogP contribution in [0.5, 0.6) is 5.75 Å². The number of benzene rings is 1. The van der Waals surface area contributed by atoms with E-state index in [0.717, 1.165) is 29.6 Å². The summed E-state index contributed by atoms with van der Waals surface area (Å²) in [6.07, 6.45) is 4.18. The molecule has 1 aliphatic rings. The summed E-state index contributed by atoms with van der Waals surface area (Å²) in [6, 6.07) is 4.10. The minimum absolute atomic E-state index is 0.374. The number of ether oxygens (including phenoxy) is 2. The van der Waals surface area contributed by atoms with E-state index < -0.39 is 0 Å². The highest BCUT2D eigenvalue weighted by Gasteiger charge is 2.22. The molecular formula is C16H21N5O2. The molecule has 0 saturated carbocycles. The molecule has 1 aliphatic heterocycles. The van der Waals surface area contributed by atoms with Crippen molar-refractivity contribution in [2.45, 2.75) is 18.9 Å². The second-order valence-corrected chi connectivity index (χ2v) is 5.45. The van der Waals surface area contributed by atoms with Crippen LogP contribution in [0.1, 0.15) is 18.4 Å². The third-order valence-corrected chi connectivity index (χ3v) is 4.17. The first-order valence-corrected chi connectivity index (χ1v) is 7.62. The highest BCUT2D eigenvalue weighted by atomic mass is 16.5. The molecule has 7 heteroatoms. The quantitative estimate of drug-likeness (QED) is 0.674. The summed E-state index contributed by atoms with van der Waals surface area (Å²) < 4.78 is 11.0. The second kappa shape index (κ2) is 6.68. The Kier molecular flexibility index (Phi) is 4.45. The first kappa shape index (κ1) is 15.3. The summed E-state index contributed by atoms with van der Waals surface area (Å²) >= 11 is 0. The highest BCUT2D eigenvalue weighted by molar-refractivity contribution is 6.00. The van der Waals surface area contributed by atoms with Crippen molar-refractivity contribution in [1.29, 1.82) is 0 Å². The maximum Gasteiger partial charge on any atom is 0.219 e. The first-order valence-electron chi connectivity index (χ1n) is 7.62. The lowest BCUT2D eigenvalue weighted by molar-refractivity contribution is 0.350. The van der Waals surface area contributed by atoms with Crippen molar-refractivity contribution in [3.05, 3.63) is 30.5 Å². The molecule has 122 valence electrons. The average molecular weight is 315 g/mol. The molecule has 1 aromatic heterocycles. The van der Waals surface area contributed by atoms with Gasteiger partial charge in [-0.15, -0.1) is 5.10 Å². The Bertz CT molecular complexity index is 724. The number of nitrogens with one attached hydrogen (secondary N) is 1. The fraction of sp³-hybridized carbons (Fsp3) is 0.438. The molecule has 1 unspecified atom stereocenters. The molecule has 1 aromatic carbocycles. The summed E-state index contributed by atoms with van der Waals surface area (Å²) in [4.78, 5) is 6.89. The predicted octanol–water partition coefficient (Wildman–Crippen LogP) is 1.97. The van der Waals surface area contributed by atoms with Crippen LogP contribution >= 0.6 is 0 Å². The minimum Gasteiger partial charge on any atom is -0.496 e. The lowest BCUT2D eigenvalue weighted by Crippen LogP contribution is -2.27. The van der Waals surface area contributed by atoms with E-state index in [4.69, 9.17) is 9.47 Å². The summed E-state index contributed by atoms with van der Waals surface area (Å²) in [7, 11) is 3.24. The van der Waals surface area contributed by atoms with Gasteiger partial charge in [-0.3, -0.25) is 5.10 Å². The Morgan fingerprint density at radius 1 is 1.52 bits per heavy atom. The molecular weight excluding hydrogens is 294 g/mol. The molecule has 0 spiro atoms. The number of methoxy groups -OCH3 is 2. The fourth-order valence-corrected chi connectivity index (χ4v) is 2.95. The number of likely N-dealkylation sites (tertiary alicyclic amines) is 1. The second-order valence-electron chi connectivity index (χ2n) is 5.45. The Balaban J connectivity index is 1.90. The van der Waals surface area contributed by atoms with Crippen molar-refractivity contribution in [2.24, 2.45) is 4.99 Å². The first-order chi connectivity index (χ1) is 11.3. The summed E-state index contributed by atoms with van der Waals surface area (Å²) in [5.74, 6) is 1.22. The van der Waals surface area contributed by atoms with Crippen LogP contribution in [0, 0.1) is 0 Å². The van der Waals surface area contributed by atoms with E-state index in [0.29, 0.717) is 24.2 Å². The van der Waals surface area contributed by atoms with E-state index in [1.54, 1.807) is 14.2 Å². The van der Waals surface area contributed by atoms with Crippen molar-refractivity contribution in [1.82, 2.24) is 20.3 Å². The monoisotopic (exact) mass is 315 g/mol. The minimum atomic E-state index is 0.374. The number of aliphatic imine (C=N–C) groups is 1. The maximum absolute atomic E-state index is 5.50. The van der Waals surface area contributed by atoms with E-state index in [2.05, 4.69) is 31.9 Å². The van der Waals surface area contributed by atoms with Gasteiger partial charge in [0.2, 0.25) is 5.90 Å². The maximum atomic E-state index is 5.50. The number of rotatable bonds is 5. The van der Waals surface area contributed by atoms with Crippen LogP contribution in [-0.4, -0.2) is 59.6 Å². The predicted molar refractivity (Wildman–Crippen MR) is 88.8 cm³/mol. The van der Waals surface area contributed by atoms with Crippen molar-refractivity contribution in [3.8, 4) is 5.75 Å². The molecule has 23 heavy (non-hydrogen) atoms. The van der Waals surface area contributed by atoms with E-state index >= 15 is 0 Å². The summed E-state index contributed by atoms with van der Waals surface area (Å²) in [5.41, 5.74) is 2.34. The number of H-pyrrole nitrogens is 1. The van der Waals surface area contributed by atoms with Gasteiger partial charge in [0.1, 0.15) is 11.3 Å². The van der Waals surface area contributed by atoms with Crippen molar-refractivity contribution in [2.75, 3.05) is 27.3 Å². The number of aromatic amines is 1. The molecule has 1 N–H and O–H groups in total. The molecule has 2 aromatic rings. The molecule has 0 amide bonds. The number of hydrogen-bond donors (Lipinski definition) is 1. The van der Waals surface area contributed by atoms with E-state index in [1.807, 2.05) is 18.3 Å². The third-order valence-electron chi connectivity index (χ3n) is 4.17. The van der Waals surface area contributed by atoms with E-state index in [-0.39, 0.29) is 0 Å². The lowest BCUT2D eigenvalue weighted by Gasteiger charge is -2.20. The van der Waals surface area contributed by atoms with Crippen LogP contribution in [0.25, 0.3) is 11.0 Å². The molecule has 3 rings (SSSR count). The van der Waals surface area contributed by atoms with Crippen molar-refractivity contribution in [3.63, 3.8) is 0 Å². The van der Waals surface area contributed by atoms with Crippen molar-refractivity contribution < 1.29 is 9.47 Å². The van der Waals surface area contributed by atoms with Gasteiger partial charge in [0, 0.05) is 18.7 Å². The SMILES string of the molecule is C=CN1CCCC1C/N=C(\OC)c1cc2nn[nH]c2cc1OC. The van der Waals surface area contributed by atoms with Crippen LogP contribution in [0.15, 0.2) is 29.9 Å². The Morgan fingerprint density at radius 3 is 3.13 bits per heavy atom. The smallest absolute Gasteiger partial charge is 0.219 e. The van der Waals surface area contributed by atoms with Gasteiger partial charge >= 0.3 is 0 Å². The zero-order valence-corrected chi connectivity index (χ0v) is 13.5. The van der Waals surface area contributed by atoms with Gasteiger partial charge in [-0.2, -0.15) is 0 Å². The largest absolute Gasteiger partial charge is 0.496 e. The van der Waals surface area contributed by atoms with Gasteiger partial charge in [0.15, 0.2) is 0 Å². The highest BCUT2D eigenvalue weighted by Crippen LogP contribution is 2.25. The van der Waals surface area contributed by atoms with Crippen LogP contribution < -0.4 is 4.74 Å². The molecule has 0 aliphatic carbocycles. The van der Waals surface area contributed by atoms with Gasteiger partial charge in [0.25, 0.3) is 0 Å². The van der Waals surface area contributed by atoms with Gasteiger partial charge in [0.05, 0.1) is 31.8 Å². The normalized spacial score (nSPS) is 18.4. The van der Waals surface area contributed by atoms with Gasteiger partial charge < -0.3 is 14.4 Å². The van der Waals surface area contributed by atoms with E-state index in [9.17, 15) is 0 Å². The molecule has 1 atom stereocenters. The van der Waals surface area contributed by atoms with Crippen LogP contribution in [-0.2, 0) is 4.74 Å². The fourth-order valence-electron chi connectivity index (χ4n) is 2.95. The van der Waals surface area contributed by atoms with Gasteiger partial charge in [-0.05, 0) is 25.1 Å². The zero-order valence-electron chi connectivity index (χ0n) is 13.5. The number of aromatic nitrogens is 3. The summed E-state index contributed by atoms with van der Waals surface area (Å²) in [5, 5.41) is 10.7. The molecule has 7 nitrogen and oxygen atoms in total. The van der Waals surface area contributed by atoms with E-state index in [1.165, 1.54) is 6.42 Å². The van der Waals surface area contributed by atoms with Crippen LogP contribution in [0.2, 0.25) is 0 Å². The topological polar surface area (TPSA) is 75.6 Å². The average Bonchev–Trinajstić information content (AvgIpc) is 3.22. The third kappa shape index (κ3) is 2.99. The Labute approximate surface area is 135 Å². The summed E-state index contributed by atoms with van der Waals surface area (Å²) in [6.45, 7) is 5.57. The number of fused-ring (bicyclic) bond motifs is 1. The number of hydrogen-bond acceptors (Lipinski definition) is 6. The standard InChI is InChI=1S/C16H21N5O2/c1-4-21-7-5-6-11(21)10-17-16(23-3)12-8-13-14(19-20-18-13)9-15(12)22-2/h4,8-9,11H,1,5-7,10H2,2-3H3,(H,18,19,20)/b17-16-.